The van der Waals surface area contributed by atoms with E-state index >= 15 is 0 Å². The largest absolute Gasteiger partial charge is 0.462 e. The molecule has 2 unspecified atom stereocenters. The molecule has 0 aromatic heterocycles. The smallest absolute Gasteiger partial charge is 0.338 e. The lowest BCUT2D eigenvalue weighted by Crippen LogP contribution is -2.73. The summed E-state index contributed by atoms with van der Waals surface area (Å²) in [7, 11) is 0. The summed E-state index contributed by atoms with van der Waals surface area (Å²) in [5.74, 6) is -1.58. The number of hydrogen-bond donors (Lipinski definition) is 0. The van der Waals surface area contributed by atoms with Crippen molar-refractivity contribution in [2.24, 2.45) is 17.3 Å². The molecule has 1 saturated heterocycles. The minimum atomic E-state index is -1.04. The van der Waals surface area contributed by atoms with E-state index in [0.29, 0.717) is 30.4 Å². The van der Waals surface area contributed by atoms with Crippen LogP contribution in [0.25, 0.3) is 0 Å². The Morgan fingerprint density at radius 3 is 1.89 bits per heavy atom. The average molecular weight is 521 g/mol. The number of carbonyl (C=O) groups excluding carboxylic acids is 3. The summed E-state index contributed by atoms with van der Waals surface area (Å²) in [4.78, 5) is 39.0. The van der Waals surface area contributed by atoms with Crippen molar-refractivity contribution in [2.45, 2.75) is 83.4 Å². The lowest BCUT2D eigenvalue weighted by molar-refractivity contribution is -0.282. The van der Waals surface area contributed by atoms with Gasteiger partial charge in [0.25, 0.3) is 0 Å². The molecule has 1 aliphatic heterocycles. The molecular weight excluding hydrogens is 484 g/mol. The maximum Gasteiger partial charge on any atom is 0.338 e. The van der Waals surface area contributed by atoms with E-state index < -0.39 is 52.8 Å². The van der Waals surface area contributed by atoms with Gasteiger partial charge in [-0.25, -0.2) is 9.59 Å². The first-order chi connectivity index (χ1) is 18.0. The summed E-state index contributed by atoms with van der Waals surface area (Å²) in [6.07, 6.45) is -0.129. The molecule has 3 aliphatic rings. The van der Waals surface area contributed by atoms with Crippen molar-refractivity contribution in [3.63, 3.8) is 0 Å². The van der Waals surface area contributed by atoms with E-state index in [1.165, 1.54) is 6.92 Å². The number of carbonyl (C=O) groups is 3. The molecule has 2 saturated carbocycles. The van der Waals surface area contributed by atoms with Crippen molar-refractivity contribution in [3.05, 3.63) is 71.8 Å². The summed E-state index contributed by atoms with van der Waals surface area (Å²) in [6, 6.07) is 17.8. The lowest BCUT2D eigenvalue weighted by atomic mass is 9.49. The van der Waals surface area contributed by atoms with Crippen LogP contribution in [-0.2, 0) is 23.7 Å². The van der Waals surface area contributed by atoms with Crippen LogP contribution in [0, 0.1) is 17.3 Å². The zero-order chi connectivity index (χ0) is 27.3. The molecule has 0 radical (unpaired) electrons. The van der Waals surface area contributed by atoms with Gasteiger partial charge in [-0.1, -0.05) is 43.3 Å². The van der Waals surface area contributed by atoms with Gasteiger partial charge in [-0.3, -0.25) is 4.79 Å². The van der Waals surface area contributed by atoms with Gasteiger partial charge >= 0.3 is 17.9 Å². The van der Waals surface area contributed by atoms with Gasteiger partial charge in [-0.2, -0.15) is 0 Å². The lowest BCUT2D eigenvalue weighted by Gasteiger charge is -2.61. The number of hydrogen-bond acceptors (Lipinski definition) is 7. The van der Waals surface area contributed by atoms with Crippen molar-refractivity contribution in [1.82, 2.24) is 0 Å². The van der Waals surface area contributed by atoms with Crippen molar-refractivity contribution < 1.29 is 33.3 Å². The third-order valence-corrected chi connectivity index (χ3v) is 9.17. The highest BCUT2D eigenvalue weighted by Gasteiger charge is 2.79. The van der Waals surface area contributed by atoms with Gasteiger partial charge < -0.3 is 18.9 Å². The Labute approximate surface area is 223 Å². The van der Waals surface area contributed by atoms with E-state index in [4.69, 9.17) is 18.9 Å². The summed E-state index contributed by atoms with van der Waals surface area (Å²) in [5, 5.41) is 0. The fourth-order valence-electron chi connectivity index (χ4n) is 7.32. The standard InChI is InChI=1S/C31H36O7/c1-19-16-17-24(35-20(2)32)30(5)25(36-27(33)21-12-8-6-9-13-21)18-23-26(31(19,30)38-29(23,3)4)37-28(34)22-14-10-7-11-15-22/h6-15,19,23-26H,16-18H2,1-5H3/t19-,23?,24+,25+,26-,30+,31?/m1/s1. The van der Waals surface area contributed by atoms with Gasteiger partial charge in [-0.15, -0.1) is 0 Å². The first-order valence-corrected chi connectivity index (χ1v) is 13.4. The summed E-state index contributed by atoms with van der Waals surface area (Å²) in [5.41, 5.74) is -1.77. The molecule has 0 amide bonds. The summed E-state index contributed by atoms with van der Waals surface area (Å²) < 4.78 is 25.5. The molecule has 202 valence electrons. The predicted molar refractivity (Wildman–Crippen MR) is 139 cm³/mol. The third-order valence-electron chi connectivity index (χ3n) is 9.17. The molecule has 1 spiro atoms. The van der Waals surface area contributed by atoms with Crippen LogP contribution < -0.4 is 0 Å². The van der Waals surface area contributed by atoms with Crippen LogP contribution in [0.1, 0.15) is 74.6 Å². The number of ether oxygens (including phenoxy) is 4. The Morgan fingerprint density at radius 1 is 0.789 bits per heavy atom. The normalized spacial score (nSPS) is 35.0. The minimum absolute atomic E-state index is 0.0598. The first kappa shape index (κ1) is 26.4. The molecule has 2 bridgehead atoms. The zero-order valence-corrected chi connectivity index (χ0v) is 22.6. The molecule has 2 aromatic rings. The van der Waals surface area contributed by atoms with Crippen molar-refractivity contribution in [2.75, 3.05) is 0 Å². The molecule has 1 heterocycles. The van der Waals surface area contributed by atoms with Crippen LogP contribution in [0.15, 0.2) is 60.7 Å². The minimum Gasteiger partial charge on any atom is -0.462 e. The van der Waals surface area contributed by atoms with Gasteiger partial charge in [0.05, 0.1) is 22.1 Å². The highest BCUT2D eigenvalue weighted by molar-refractivity contribution is 5.90. The van der Waals surface area contributed by atoms with Gasteiger partial charge in [0.1, 0.15) is 23.9 Å². The second kappa shape index (κ2) is 9.53. The third kappa shape index (κ3) is 4.03. The number of esters is 3. The van der Waals surface area contributed by atoms with E-state index in [-0.39, 0.29) is 11.8 Å². The molecule has 2 aliphatic carbocycles. The molecule has 3 fully saturated rings. The molecule has 5 rings (SSSR count). The monoisotopic (exact) mass is 520 g/mol. The Hall–Kier alpha value is -3.19. The van der Waals surface area contributed by atoms with Crippen LogP contribution in [0.2, 0.25) is 0 Å². The van der Waals surface area contributed by atoms with E-state index in [0.717, 1.165) is 0 Å². The van der Waals surface area contributed by atoms with E-state index in [1.54, 1.807) is 48.5 Å². The Bertz CT molecular complexity index is 1210. The average Bonchev–Trinajstić information content (AvgIpc) is 3.07. The highest BCUT2D eigenvalue weighted by atomic mass is 16.6. The van der Waals surface area contributed by atoms with Crippen LogP contribution in [0.3, 0.4) is 0 Å². The molecule has 38 heavy (non-hydrogen) atoms. The van der Waals surface area contributed by atoms with Crippen molar-refractivity contribution in [3.8, 4) is 0 Å². The molecule has 7 atom stereocenters. The Balaban J connectivity index is 1.60. The van der Waals surface area contributed by atoms with Crippen LogP contribution in [-0.4, -0.2) is 47.4 Å². The van der Waals surface area contributed by atoms with Crippen LogP contribution >= 0.6 is 0 Å². The fourth-order valence-corrected chi connectivity index (χ4v) is 7.32. The second-order valence-electron chi connectivity index (χ2n) is 11.7. The van der Waals surface area contributed by atoms with Crippen molar-refractivity contribution >= 4 is 17.9 Å². The Morgan fingerprint density at radius 2 is 1.34 bits per heavy atom. The number of fused-ring (bicyclic) bond motifs is 1. The molecule has 2 aromatic carbocycles. The molecular formula is C31H36O7. The second-order valence-corrected chi connectivity index (χ2v) is 11.7. The maximum atomic E-state index is 13.4. The summed E-state index contributed by atoms with van der Waals surface area (Å²) in [6.45, 7) is 9.45. The van der Waals surface area contributed by atoms with Crippen LogP contribution in [0.4, 0.5) is 0 Å². The van der Waals surface area contributed by atoms with Gasteiger partial charge in [0, 0.05) is 12.8 Å². The topological polar surface area (TPSA) is 88.1 Å². The molecule has 7 heteroatoms. The van der Waals surface area contributed by atoms with Gasteiger partial charge in [-0.05, 0) is 70.2 Å². The predicted octanol–water partition coefficient (Wildman–Crippen LogP) is 5.37. The zero-order valence-electron chi connectivity index (χ0n) is 22.6. The first-order valence-electron chi connectivity index (χ1n) is 13.4. The van der Waals surface area contributed by atoms with E-state index in [2.05, 4.69) is 6.92 Å². The Kier molecular flexibility index (Phi) is 6.62. The van der Waals surface area contributed by atoms with E-state index in [9.17, 15) is 14.4 Å². The summed E-state index contributed by atoms with van der Waals surface area (Å²) >= 11 is 0. The quantitative estimate of drug-likeness (QED) is 0.387. The van der Waals surface area contributed by atoms with Crippen LogP contribution in [0.5, 0.6) is 0 Å². The van der Waals surface area contributed by atoms with Gasteiger partial charge in [0.15, 0.2) is 0 Å². The fraction of sp³-hybridized carbons (Fsp3) is 0.516. The number of rotatable bonds is 5. The molecule has 0 N–H and O–H groups in total. The SMILES string of the molecule is CC(=O)O[C@H]1CC[C@@H](C)C23OC(C)(C)C(C[C@H](OC(=O)c4ccccc4)[C@]12C)[C@H]3OC(=O)c1ccccc1. The molecule has 7 nitrogen and oxygen atoms in total. The highest BCUT2D eigenvalue weighted by Crippen LogP contribution is 2.67. The number of benzene rings is 2. The van der Waals surface area contributed by atoms with Crippen molar-refractivity contribution in [1.29, 1.82) is 0 Å². The van der Waals surface area contributed by atoms with E-state index in [1.807, 2.05) is 32.9 Å². The van der Waals surface area contributed by atoms with Gasteiger partial charge in [0.2, 0.25) is 0 Å². The maximum absolute atomic E-state index is 13.4.